The fraction of sp³-hybridized carbons (Fsp3) is 0.125. The number of carbonyl (C=O) groups is 4. The van der Waals surface area contributed by atoms with Gasteiger partial charge in [0.05, 0.1) is 5.92 Å². The summed E-state index contributed by atoms with van der Waals surface area (Å²) in [7, 11) is 0. The highest BCUT2D eigenvalue weighted by molar-refractivity contribution is 6.37. The molecule has 3 aliphatic rings. The Hall–Kier alpha value is -4.68. The molecule has 0 bridgehead atoms. The van der Waals surface area contributed by atoms with Gasteiger partial charge in [-0.2, -0.15) is 0 Å². The summed E-state index contributed by atoms with van der Waals surface area (Å²) in [6.07, 6.45) is -1.21. The van der Waals surface area contributed by atoms with Crippen LogP contribution in [0.5, 0.6) is 5.75 Å². The molecule has 0 saturated carbocycles. The number of aromatic hydroxyl groups is 1. The van der Waals surface area contributed by atoms with Crippen LogP contribution in [0.25, 0.3) is 0 Å². The highest BCUT2D eigenvalue weighted by Gasteiger charge is 2.79. The highest BCUT2D eigenvalue weighted by atomic mass is 16.5. The molecule has 4 aromatic rings. The van der Waals surface area contributed by atoms with E-state index in [9.17, 15) is 24.3 Å². The first-order valence-electron chi connectivity index (χ1n) is 12.3. The smallest absolute Gasteiger partial charge is 0.204 e. The number of benzene rings is 4. The molecule has 1 fully saturated rings. The zero-order chi connectivity index (χ0) is 26.2. The number of ether oxygens (including phenoxy) is 1. The minimum Gasteiger partial charge on any atom is -0.508 e. The Morgan fingerprint density at radius 2 is 0.974 bits per heavy atom. The van der Waals surface area contributed by atoms with Crippen molar-refractivity contribution in [3.63, 3.8) is 0 Å². The Kier molecular flexibility index (Phi) is 4.54. The van der Waals surface area contributed by atoms with Gasteiger partial charge in [-0.25, -0.2) is 0 Å². The van der Waals surface area contributed by atoms with Crippen molar-refractivity contribution in [3.8, 4) is 5.75 Å². The molecule has 4 aromatic carbocycles. The van der Waals surface area contributed by atoms with Crippen LogP contribution in [0, 0.1) is 5.41 Å². The number of phenolic OH excluding ortho intramolecular Hbond substituents is 1. The number of carbonyl (C=O) groups excluding carboxylic acids is 4. The average Bonchev–Trinajstić information content (AvgIpc) is 3.48. The molecule has 0 radical (unpaired) electrons. The molecule has 1 saturated heterocycles. The van der Waals surface area contributed by atoms with Crippen molar-refractivity contribution >= 4 is 23.1 Å². The Bertz CT molecular complexity index is 1610. The lowest BCUT2D eigenvalue weighted by molar-refractivity contribution is -0.0210. The second-order valence-corrected chi connectivity index (χ2v) is 9.95. The van der Waals surface area contributed by atoms with E-state index in [1.54, 1.807) is 91.0 Å². The Morgan fingerprint density at radius 3 is 1.47 bits per heavy atom. The maximum atomic E-state index is 14.5. The first kappa shape index (κ1) is 22.5. The first-order chi connectivity index (χ1) is 18.4. The fourth-order valence-corrected chi connectivity index (χ4v) is 6.62. The lowest BCUT2D eigenvalue weighted by Crippen LogP contribution is -2.51. The van der Waals surface area contributed by atoms with Crippen LogP contribution in [-0.2, 0) is 4.74 Å². The summed E-state index contributed by atoms with van der Waals surface area (Å²) in [5, 5.41) is 10.0. The molecule has 38 heavy (non-hydrogen) atoms. The summed E-state index contributed by atoms with van der Waals surface area (Å²) in [6.45, 7) is 0. The summed E-state index contributed by atoms with van der Waals surface area (Å²) in [4.78, 5) is 57.6. The Morgan fingerprint density at radius 1 is 0.526 bits per heavy atom. The van der Waals surface area contributed by atoms with Crippen LogP contribution in [0.4, 0.5) is 0 Å². The summed E-state index contributed by atoms with van der Waals surface area (Å²) >= 11 is 0. The van der Waals surface area contributed by atoms with Gasteiger partial charge < -0.3 is 9.84 Å². The molecule has 2 spiro atoms. The molecule has 1 N–H and O–H groups in total. The van der Waals surface area contributed by atoms with Gasteiger partial charge in [-0.1, -0.05) is 91.0 Å². The van der Waals surface area contributed by atoms with E-state index in [1.807, 2.05) is 0 Å². The van der Waals surface area contributed by atoms with Crippen molar-refractivity contribution in [2.24, 2.45) is 5.41 Å². The molecule has 0 unspecified atom stereocenters. The third-order valence-electron chi connectivity index (χ3n) is 8.17. The predicted octanol–water partition coefficient (Wildman–Crippen LogP) is 5.13. The molecule has 184 valence electrons. The van der Waals surface area contributed by atoms with Crippen molar-refractivity contribution in [1.29, 1.82) is 0 Å². The van der Waals surface area contributed by atoms with Crippen molar-refractivity contribution < 1.29 is 29.0 Å². The summed E-state index contributed by atoms with van der Waals surface area (Å²) in [6, 6.07) is 27.8. The van der Waals surface area contributed by atoms with Gasteiger partial charge in [0.2, 0.25) is 17.2 Å². The van der Waals surface area contributed by atoms with Crippen LogP contribution in [0.2, 0.25) is 0 Å². The van der Waals surface area contributed by atoms with Crippen molar-refractivity contribution in [2.75, 3.05) is 0 Å². The molecule has 0 aromatic heterocycles. The van der Waals surface area contributed by atoms with E-state index in [0.717, 1.165) is 0 Å². The van der Waals surface area contributed by atoms with E-state index in [4.69, 9.17) is 4.74 Å². The molecule has 2 aliphatic carbocycles. The van der Waals surface area contributed by atoms with Gasteiger partial charge in [0, 0.05) is 22.3 Å². The molecule has 2 atom stereocenters. The highest BCUT2D eigenvalue weighted by Crippen LogP contribution is 2.67. The number of rotatable bonds is 2. The fourth-order valence-electron chi connectivity index (χ4n) is 6.62. The van der Waals surface area contributed by atoms with E-state index in [-0.39, 0.29) is 28.0 Å². The van der Waals surface area contributed by atoms with Gasteiger partial charge in [-0.3, -0.25) is 19.2 Å². The number of fused-ring (bicyclic) bond motifs is 2. The van der Waals surface area contributed by atoms with E-state index in [1.165, 1.54) is 12.1 Å². The number of ketones is 4. The lowest BCUT2D eigenvalue weighted by Gasteiger charge is -2.34. The van der Waals surface area contributed by atoms with E-state index >= 15 is 0 Å². The monoisotopic (exact) mass is 500 g/mol. The maximum absolute atomic E-state index is 14.5. The van der Waals surface area contributed by atoms with E-state index < -0.39 is 46.2 Å². The standard InChI is InChI=1S/C32H20O6/c33-20-16-14-18(15-17-20)25-31(26(34)21-10-4-5-11-22(21)27(31)35)30(19-8-2-1-3-9-19)38-32(25)28(36)23-12-6-7-13-24(23)29(32)37/h1-17,25,30,33H/t25-,30+/m0/s1. The van der Waals surface area contributed by atoms with Gasteiger partial charge in [0.15, 0.2) is 11.6 Å². The normalized spacial score (nSPS) is 22.3. The van der Waals surface area contributed by atoms with Gasteiger partial charge in [-0.15, -0.1) is 0 Å². The number of hydrogen-bond donors (Lipinski definition) is 1. The topological polar surface area (TPSA) is 97.7 Å². The number of phenols is 1. The molecule has 6 nitrogen and oxygen atoms in total. The van der Waals surface area contributed by atoms with E-state index in [2.05, 4.69) is 0 Å². The molecule has 7 rings (SSSR count). The quantitative estimate of drug-likeness (QED) is 0.383. The van der Waals surface area contributed by atoms with Gasteiger partial charge in [0.1, 0.15) is 17.3 Å². The maximum Gasteiger partial charge on any atom is 0.204 e. The largest absolute Gasteiger partial charge is 0.508 e. The van der Waals surface area contributed by atoms with Gasteiger partial charge in [0.25, 0.3) is 0 Å². The molecular formula is C32H20O6. The molecule has 1 heterocycles. The van der Waals surface area contributed by atoms with Gasteiger partial charge >= 0.3 is 0 Å². The third kappa shape index (κ3) is 2.55. The number of hydrogen-bond acceptors (Lipinski definition) is 6. The summed E-state index contributed by atoms with van der Waals surface area (Å²) < 4.78 is 6.61. The molecular weight excluding hydrogens is 480 g/mol. The minimum atomic E-state index is -2.14. The van der Waals surface area contributed by atoms with Crippen LogP contribution >= 0.6 is 0 Å². The molecule has 0 amide bonds. The second kappa shape index (κ2) is 7.66. The first-order valence-corrected chi connectivity index (χ1v) is 12.3. The molecule has 1 aliphatic heterocycles. The Labute approximate surface area is 217 Å². The van der Waals surface area contributed by atoms with Crippen molar-refractivity contribution in [2.45, 2.75) is 17.6 Å². The number of Topliss-reactive ketones (excluding diaryl/α,β-unsaturated/α-hetero) is 4. The second-order valence-electron chi connectivity index (χ2n) is 9.95. The van der Waals surface area contributed by atoms with Crippen LogP contribution < -0.4 is 0 Å². The zero-order valence-electron chi connectivity index (χ0n) is 20.0. The van der Waals surface area contributed by atoms with Crippen LogP contribution in [0.3, 0.4) is 0 Å². The minimum absolute atomic E-state index is 0.0323. The SMILES string of the molecule is O=C1c2ccccc2C(=O)C12O[C@H](c1ccccc1)C1(C(=O)c3ccccc3C1=O)[C@@H]2c1ccc(O)cc1. The van der Waals surface area contributed by atoms with Crippen LogP contribution in [0.1, 0.15) is 64.6 Å². The third-order valence-corrected chi connectivity index (χ3v) is 8.17. The van der Waals surface area contributed by atoms with Crippen molar-refractivity contribution in [3.05, 3.63) is 137 Å². The van der Waals surface area contributed by atoms with E-state index in [0.29, 0.717) is 11.1 Å². The summed E-state index contributed by atoms with van der Waals surface area (Å²) in [5.41, 5.74) is -2.31. The molecule has 6 heteroatoms. The lowest BCUT2D eigenvalue weighted by atomic mass is 9.60. The van der Waals surface area contributed by atoms with Gasteiger partial charge in [-0.05, 0) is 23.3 Å². The predicted molar refractivity (Wildman–Crippen MR) is 136 cm³/mol. The van der Waals surface area contributed by atoms with Crippen LogP contribution in [0.15, 0.2) is 103 Å². The van der Waals surface area contributed by atoms with Crippen molar-refractivity contribution in [1.82, 2.24) is 0 Å². The zero-order valence-corrected chi connectivity index (χ0v) is 20.0. The Balaban J connectivity index is 1.59. The summed E-state index contributed by atoms with van der Waals surface area (Å²) in [5.74, 6) is -3.44. The average molecular weight is 501 g/mol. The van der Waals surface area contributed by atoms with Crippen LogP contribution in [-0.4, -0.2) is 33.8 Å².